The molecule has 0 aliphatic carbocycles. The molecule has 25 heavy (non-hydrogen) atoms. The van der Waals surface area contributed by atoms with Crippen LogP contribution in [0.5, 0.6) is 0 Å². The van der Waals surface area contributed by atoms with Crippen molar-refractivity contribution in [2.45, 2.75) is 39.5 Å². The number of nitrogens with one attached hydrogen (secondary N) is 1. The number of amides is 2. The van der Waals surface area contributed by atoms with Crippen molar-refractivity contribution in [2.24, 2.45) is 5.92 Å². The van der Waals surface area contributed by atoms with Crippen molar-refractivity contribution in [3.63, 3.8) is 0 Å². The summed E-state index contributed by atoms with van der Waals surface area (Å²) in [6, 6.07) is 0. The van der Waals surface area contributed by atoms with Crippen molar-refractivity contribution >= 4 is 29.3 Å². The lowest BCUT2D eigenvalue weighted by Crippen LogP contribution is -2.41. The number of carbonyl (C=O) groups is 3. The van der Waals surface area contributed by atoms with Crippen molar-refractivity contribution < 1.29 is 19.1 Å². The van der Waals surface area contributed by atoms with Crippen LogP contribution in [0, 0.1) is 12.8 Å². The number of hydrogen-bond acceptors (Lipinski definition) is 7. The minimum atomic E-state index is -0.350. The number of aryl methyl sites for hydroxylation is 1. The Balaban J connectivity index is 1.67. The van der Waals surface area contributed by atoms with Crippen molar-refractivity contribution in [3.8, 4) is 0 Å². The molecule has 0 saturated carbocycles. The summed E-state index contributed by atoms with van der Waals surface area (Å²) in [5.74, 6) is -0.157. The van der Waals surface area contributed by atoms with E-state index in [0.717, 1.165) is 24.4 Å². The van der Waals surface area contributed by atoms with Crippen LogP contribution in [0.25, 0.3) is 0 Å². The molecule has 8 nitrogen and oxygen atoms in total. The van der Waals surface area contributed by atoms with Gasteiger partial charge in [-0.05, 0) is 44.1 Å². The first-order valence-electron chi connectivity index (χ1n) is 8.51. The monoisotopic (exact) mass is 368 g/mol. The molecule has 1 saturated heterocycles. The largest absolute Gasteiger partial charge is 0.466 e. The fourth-order valence-electron chi connectivity index (χ4n) is 2.71. The normalized spacial score (nSPS) is 15.0. The lowest BCUT2D eigenvalue weighted by molar-refractivity contribution is -0.144. The molecule has 9 heteroatoms. The number of aromatic nitrogens is 2. The maximum absolute atomic E-state index is 12.4. The van der Waals surface area contributed by atoms with Crippen molar-refractivity contribution in [1.29, 1.82) is 0 Å². The van der Waals surface area contributed by atoms with Crippen LogP contribution >= 0.6 is 11.5 Å². The van der Waals surface area contributed by atoms with E-state index in [9.17, 15) is 14.4 Å². The maximum atomic E-state index is 12.4. The van der Waals surface area contributed by atoms with Crippen LogP contribution in [-0.4, -0.2) is 58.5 Å². The van der Waals surface area contributed by atoms with Crippen LogP contribution < -0.4 is 5.32 Å². The molecule has 1 aliphatic rings. The molecular formula is C16H24N4O4S. The van der Waals surface area contributed by atoms with E-state index in [1.54, 1.807) is 13.8 Å². The van der Waals surface area contributed by atoms with Crippen LogP contribution in [0.4, 0.5) is 0 Å². The second-order valence-electron chi connectivity index (χ2n) is 6.03. The summed E-state index contributed by atoms with van der Waals surface area (Å²) in [6.07, 6.45) is 1.94. The Morgan fingerprint density at radius 1 is 1.28 bits per heavy atom. The number of piperidine rings is 1. The molecule has 0 unspecified atom stereocenters. The van der Waals surface area contributed by atoms with Crippen LogP contribution in [0.2, 0.25) is 0 Å². The Morgan fingerprint density at radius 3 is 2.60 bits per heavy atom. The fraction of sp³-hybridized carbons (Fsp3) is 0.688. The lowest BCUT2D eigenvalue weighted by Gasteiger charge is -2.31. The molecule has 1 aromatic rings. The Labute approximate surface area is 151 Å². The van der Waals surface area contributed by atoms with Crippen LogP contribution in [0.1, 0.15) is 48.0 Å². The lowest BCUT2D eigenvalue weighted by atomic mass is 9.96. The number of nitrogens with zero attached hydrogens (tertiary/aromatic N) is 3. The molecule has 2 rings (SSSR count). The van der Waals surface area contributed by atoms with Gasteiger partial charge in [-0.2, -0.15) is 0 Å². The zero-order valence-corrected chi connectivity index (χ0v) is 15.4. The third-order valence-corrected chi connectivity index (χ3v) is 5.01. The molecule has 1 aromatic heterocycles. The average molecular weight is 368 g/mol. The highest BCUT2D eigenvalue weighted by molar-refractivity contribution is 7.07. The summed E-state index contributed by atoms with van der Waals surface area (Å²) in [7, 11) is 0. The zero-order chi connectivity index (χ0) is 18.2. The standard InChI is InChI=1S/C16H24N4O4S/c1-3-24-14(22)5-4-13(21)17-10-12-6-8-20(9-7-12)16(23)15-11(2)18-19-25-15/h12H,3-10H2,1-2H3,(H,17,21). The topological polar surface area (TPSA) is 101 Å². The minimum absolute atomic E-state index is 0.00979. The molecule has 0 atom stereocenters. The van der Waals surface area contributed by atoms with Gasteiger partial charge in [0.05, 0.1) is 18.7 Å². The van der Waals surface area contributed by atoms with E-state index in [1.807, 2.05) is 4.90 Å². The van der Waals surface area contributed by atoms with Gasteiger partial charge in [0.25, 0.3) is 5.91 Å². The number of carbonyl (C=O) groups excluding carboxylic acids is 3. The number of rotatable bonds is 7. The first kappa shape index (κ1) is 19.3. The van der Waals surface area contributed by atoms with E-state index in [-0.39, 0.29) is 30.6 Å². The van der Waals surface area contributed by atoms with E-state index in [2.05, 4.69) is 14.9 Å². The molecule has 0 aromatic carbocycles. The van der Waals surface area contributed by atoms with Crippen LogP contribution in [0.15, 0.2) is 0 Å². The molecule has 138 valence electrons. The van der Waals surface area contributed by atoms with E-state index in [1.165, 1.54) is 0 Å². The van der Waals surface area contributed by atoms with E-state index in [0.29, 0.717) is 42.7 Å². The maximum Gasteiger partial charge on any atom is 0.306 e. The zero-order valence-electron chi connectivity index (χ0n) is 14.6. The molecule has 2 amide bonds. The van der Waals surface area contributed by atoms with Gasteiger partial charge in [0, 0.05) is 26.1 Å². The SMILES string of the molecule is CCOC(=O)CCC(=O)NCC1CCN(C(=O)c2snnc2C)CC1. The summed E-state index contributed by atoms with van der Waals surface area (Å²) in [5.41, 5.74) is 0.672. The number of ether oxygens (including phenoxy) is 1. The van der Waals surface area contributed by atoms with E-state index < -0.39 is 0 Å². The third kappa shape index (κ3) is 5.77. The van der Waals surface area contributed by atoms with Crippen molar-refractivity contribution in [3.05, 3.63) is 10.6 Å². The summed E-state index contributed by atoms with van der Waals surface area (Å²) in [6.45, 7) is 5.76. The summed E-state index contributed by atoms with van der Waals surface area (Å²) >= 11 is 1.13. The number of esters is 1. The highest BCUT2D eigenvalue weighted by Crippen LogP contribution is 2.20. The molecule has 1 fully saturated rings. The minimum Gasteiger partial charge on any atom is -0.466 e. The van der Waals surface area contributed by atoms with Gasteiger partial charge in [-0.25, -0.2) is 0 Å². The molecular weight excluding hydrogens is 344 g/mol. The van der Waals surface area contributed by atoms with Crippen LogP contribution in [-0.2, 0) is 14.3 Å². The second-order valence-corrected chi connectivity index (χ2v) is 6.79. The van der Waals surface area contributed by atoms with Crippen molar-refractivity contribution in [2.75, 3.05) is 26.2 Å². The Hall–Kier alpha value is -2.03. The quantitative estimate of drug-likeness (QED) is 0.725. The molecule has 0 spiro atoms. The number of hydrogen-bond donors (Lipinski definition) is 1. The summed E-state index contributed by atoms with van der Waals surface area (Å²) < 4.78 is 8.60. The predicted molar refractivity (Wildman–Crippen MR) is 92.2 cm³/mol. The number of likely N-dealkylation sites (tertiary alicyclic amines) is 1. The molecule has 1 aliphatic heterocycles. The molecule has 1 N–H and O–H groups in total. The Bertz CT molecular complexity index is 611. The van der Waals surface area contributed by atoms with Gasteiger partial charge < -0.3 is 15.0 Å². The van der Waals surface area contributed by atoms with Crippen LogP contribution in [0.3, 0.4) is 0 Å². The summed E-state index contributed by atoms with van der Waals surface area (Å²) in [5, 5.41) is 6.74. The average Bonchev–Trinajstić information content (AvgIpc) is 3.04. The smallest absolute Gasteiger partial charge is 0.306 e. The Morgan fingerprint density at radius 2 is 2.00 bits per heavy atom. The Kier molecular flexibility index (Phi) is 7.30. The highest BCUT2D eigenvalue weighted by atomic mass is 32.1. The highest BCUT2D eigenvalue weighted by Gasteiger charge is 2.26. The van der Waals surface area contributed by atoms with Gasteiger partial charge >= 0.3 is 5.97 Å². The molecule has 0 radical (unpaired) electrons. The predicted octanol–water partition coefficient (Wildman–Crippen LogP) is 1.16. The second kappa shape index (κ2) is 9.45. The summed E-state index contributed by atoms with van der Waals surface area (Å²) in [4.78, 5) is 37.8. The van der Waals surface area contributed by atoms with Gasteiger partial charge in [0.1, 0.15) is 4.88 Å². The molecule has 2 heterocycles. The van der Waals surface area contributed by atoms with Crippen molar-refractivity contribution in [1.82, 2.24) is 19.8 Å². The first-order valence-corrected chi connectivity index (χ1v) is 9.29. The first-order chi connectivity index (χ1) is 12.0. The van der Waals surface area contributed by atoms with Gasteiger partial charge in [-0.1, -0.05) is 4.49 Å². The van der Waals surface area contributed by atoms with E-state index in [4.69, 9.17) is 4.74 Å². The molecule has 0 bridgehead atoms. The van der Waals surface area contributed by atoms with Gasteiger partial charge in [-0.15, -0.1) is 5.10 Å². The third-order valence-electron chi connectivity index (χ3n) is 4.20. The fourth-order valence-corrected chi connectivity index (χ4v) is 3.33. The van der Waals surface area contributed by atoms with Gasteiger partial charge in [-0.3, -0.25) is 14.4 Å². The van der Waals surface area contributed by atoms with Gasteiger partial charge in [0.2, 0.25) is 5.91 Å². The van der Waals surface area contributed by atoms with Gasteiger partial charge in [0.15, 0.2) is 0 Å². The van der Waals surface area contributed by atoms with E-state index >= 15 is 0 Å².